The minimum Gasteiger partial charge on any atom is -0.456 e. The average Bonchev–Trinajstić information content (AvgIpc) is 3.84. The molecule has 0 aliphatic carbocycles. The number of nitrogens with zero attached hydrogens (tertiary/aromatic N) is 1. The number of rotatable bonds is 9. The zero-order chi connectivity index (χ0) is 43.8. The second kappa shape index (κ2) is 16.8. The molecule has 2 nitrogen and oxygen atoms in total. The van der Waals surface area contributed by atoms with Gasteiger partial charge in [0.1, 0.15) is 11.3 Å². The summed E-state index contributed by atoms with van der Waals surface area (Å²) in [5.74, 6) is 0.875. The quantitative estimate of drug-likeness (QED) is 0.135. The number of hydrogen-bond acceptors (Lipinski definition) is 2. The summed E-state index contributed by atoms with van der Waals surface area (Å²) in [6.07, 6.45) is 0. The van der Waals surface area contributed by atoms with Crippen LogP contribution in [-0.2, 0) is 0 Å². The van der Waals surface area contributed by atoms with Crippen molar-refractivity contribution in [3.05, 3.63) is 261 Å². The SMILES string of the molecule is c1ccc(-c2ccccc2-c2ccc(N(c3ccc(-c4ccc(-c5ccccc5-c5cc6ccccc6o5)cc4)cc3)c3ccc(-c4cc5ccccc5c5ccccc45)cc3)cc2)cc1. The zero-order valence-electron chi connectivity index (χ0n) is 36.2. The monoisotopic (exact) mass is 841 g/mol. The van der Waals surface area contributed by atoms with Crippen LogP contribution in [0.15, 0.2) is 265 Å². The van der Waals surface area contributed by atoms with Crippen molar-refractivity contribution in [2.24, 2.45) is 0 Å². The Morgan fingerprint density at radius 2 is 0.636 bits per heavy atom. The molecule has 0 radical (unpaired) electrons. The van der Waals surface area contributed by atoms with Crippen LogP contribution in [0.2, 0.25) is 0 Å². The summed E-state index contributed by atoms with van der Waals surface area (Å²) >= 11 is 0. The van der Waals surface area contributed by atoms with E-state index in [1.807, 2.05) is 18.2 Å². The van der Waals surface area contributed by atoms with Crippen molar-refractivity contribution in [3.63, 3.8) is 0 Å². The van der Waals surface area contributed by atoms with Crippen LogP contribution in [0.4, 0.5) is 17.1 Å². The molecule has 66 heavy (non-hydrogen) atoms. The normalized spacial score (nSPS) is 11.3. The third-order valence-electron chi connectivity index (χ3n) is 12.9. The molecule has 310 valence electrons. The number of furan rings is 1. The molecule has 0 aliphatic heterocycles. The summed E-state index contributed by atoms with van der Waals surface area (Å²) in [5, 5.41) is 6.15. The highest BCUT2D eigenvalue weighted by molar-refractivity contribution is 6.13. The molecule has 0 saturated carbocycles. The van der Waals surface area contributed by atoms with Gasteiger partial charge in [-0.3, -0.25) is 0 Å². The lowest BCUT2D eigenvalue weighted by Crippen LogP contribution is -2.09. The Hall–Kier alpha value is -8.72. The van der Waals surface area contributed by atoms with E-state index in [9.17, 15) is 0 Å². The van der Waals surface area contributed by atoms with Gasteiger partial charge in [-0.1, -0.05) is 206 Å². The van der Waals surface area contributed by atoms with Crippen molar-refractivity contribution in [2.45, 2.75) is 0 Å². The minimum absolute atomic E-state index is 0.875. The van der Waals surface area contributed by atoms with Crippen molar-refractivity contribution >= 4 is 49.6 Å². The highest BCUT2D eigenvalue weighted by Crippen LogP contribution is 2.42. The molecule has 11 aromatic carbocycles. The fourth-order valence-corrected chi connectivity index (χ4v) is 9.63. The Morgan fingerprint density at radius 1 is 0.242 bits per heavy atom. The summed E-state index contributed by atoms with van der Waals surface area (Å²) in [5.41, 5.74) is 17.1. The predicted octanol–water partition coefficient (Wildman–Crippen LogP) is 18.2. The van der Waals surface area contributed by atoms with Gasteiger partial charge in [-0.05, 0) is 132 Å². The lowest BCUT2D eigenvalue weighted by Gasteiger charge is -2.26. The molecule has 0 atom stereocenters. The summed E-state index contributed by atoms with van der Waals surface area (Å²) in [7, 11) is 0. The van der Waals surface area contributed by atoms with Gasteiger partial charge in [0.15, 0.2) is 0 Å². The van der Waals surface area contributed by atoms with Crippen molar-refractivity contribution in [1.82, 2.24) is 0 Å². The average molecular weight is 842 g/mol. The number of benzene rings is 11. The van der Waals surface area contributed by atoms with E-state index in [0.29, 0.717) is 0 Å². The maximum absolute atomic E-state index is 6.30. The van der Waals surface area contributed by atoms with E-state index in [-0.39, 0.29) is 0 Å². The highest BCUT2D eigenvalue weighted by Gasteiger charge is 2.17. The number of anilines is 3. The first kappa shape index (κ1) is 38.9. The Balaban J connectivity index is 0.895. The van der Waals surface area contributed by atoms with E-state index in [0.717, 1.165) is 61.6 Å². The largest absolute Gasteiger partial charge is 0.456 e. The number of para-hydroxylation sites is 1. The summed E-state index contributed by atoms with van der Waals surface area (Å²) in [4.78, 5) is 2.36. The molecule has 12 rings (SSSR count). The van der Waals surface area contributed by atoms with Crippen LogP contribution in [0.1, 0.15) is 0 Å². The summed E-state index contributed by atoms with van der Waals surface area (Å²) in [6.45, 7) is 0. The fourth-order valence-electron chi connectivity index (χ4n) is 9.63. The molecule has 0 spiro atoms. The second-order valence-electron chi connectivity index (χ2n) is 16.8. The number of fused-ring (bicyclic) bond motifs is 4. The van der Waals surface area contributed by atoms with E-state index in [2.05, 4.69) is 248 Å². The molecule has 1 heterocycles. The van der Waals surface area contributed by atoms with Gasteiger partial charge in [0.2, 0.25) is 0 Å². The molecule has 0 amide bonds. The van der Waals surface area contributed by atoms with Gasteiger partial charge in [0.05, 0.1) is 0 Å². The molecule has 0 saturated heterocycles. The van der Waals surface area contributed by atoms with Gasteiger partial charge in [-0.15, -0.1) is 0 Å². The van der Waals surface area contributed by atoms with Crippen molar-refractivity contribution in [1.29, 1.82) is 0 Å². The molecule has 2 heteroatoms. The van der Waals surface area contributed by atoms with E-state index >= 15 is 0 Å². The van der Waals surface area contributed by atoms with Crippen LogP contribution >= 0.6 is 0 Å². The molecule has 0 aliphatic rings. The molecule has 0 unspecified atom stereocenters. The van der Waals surface area contributed by atoms with Gasteiger partial charge in [0, 0.05) is 28.0 Å². The lowest BCUT2D eigenvalue weighted by atomic mass is 9.93. The Morgan fingerprint density at radius 3 is 1.23 bits per heavy atom. The first-order valence-corrected chi connectivity index (χ1v) is 22.6. The maximum Gasteiger partial charge on any atom is 0.136 e. The zero-order valence-corrected chi connectivity index (χ0v) is 36.2. The molecule has 0 fully saturated rings. The minimum atomic E-state index is 0.875. The Kier molecular flexibility index (Phi) is 9.89. The van der Waals surface area contributed by atoms with E-state index in [1.165, 1.54) is 54.9 Å². The van der Waals surface area contributed by atoms with Crippen molar-refractivity contribution in [3.8, 4) is 67.0 Å². The van der Waals surface area contributed by atoms with Gasteiger partial charge >= 0.3 is 0 Å². The van der Waals surface area contributed by atoms with Gasteiger partial charge < -0.3 is 9.32 Å². The van der Waals surface area contributed by atoms with E-state index in [4.69, 9.17) is 4.42 Å². The van der Waals surface area contributed by atoms with Crippen LogP contribution in [0.3, 0.4) is 0 Å². The smallest absolute Gasteiger partial charge is 0.136 e. The first-order chi connectivity index (χ1) is 32.7. The van der Waals surface area contributed by atoms with Gasteiger partial charge in [-0.25, -0.2) is 0 Å². The molecule has 1 aromatic heterocycles. The first-order valence-electron chi connectivity index (χ1n) is 22.6. The standard InChI is InChI=1S/C64H43NO/c1-2-14-46(15-3-1)55-18-7-8-19-56(55)48-32-38-53(39-33-48)65(54-40-34-49(35-41-54)62-42-50-16-4-6-21-58(50)59-22-10-11-23-60(59)62)52-36-30-45(31-37-52)44-26-28-47(29-27-44)57-20-9-12-24-61(57)64-43-51-17-5-13-25-63(51)66-64/h1-43H. The van der Waals surface area contributed by atoms with Crippen molar-refractivity contribution < 1.29 is 4.42 Å². The summed E-state index contributed by atoms with van der Waals surface area (Å²) in [6, 6.07) is 93.7. The molecule has 0 N–H and O–H groups in total. The van der Waals surface area contributed by atoms with Crippen LogP contribution in [0.5, 0.6) is 0 Å². The lowest BCUT2D eigenvalue weighted by molar-refractivity contribution is 0.632. The molecule has 0 bridgehead atoms. The Labute approximate surface area is 384 Å². The topological polar surface area (TPSA) is 16.4 Å². The predicted molar refractivity (Wildman–Crippen MR) is 279 cm³/mol. The fraction of sp³-hybridized carbons (Fsp3) is 0. The van der Waals surface area contributed by atoms with Crippen molar-refractivity contribution in [2.75, 3.05) is 4.90 Å². The Bertz CT molecular complexity index is 3630. The van der Waals surface area contributed by atoms with Crippen LogP contribution < -0.4 is 4.90 Å². The van der Waals surface area contributed by atoms with Gasteiger partial charge in [-0.2, -0.15) is 0 Å². The summed E-state index contributed by atoms with van der Waals surface area (Å²) < 4.78 is 6.30. The van der Waals surface area contributed by atoms with E-state index < -0.39 is 0 Å². The number of hydrogen-bond donors (Lipinski definition) is 0. The third-order valence-corrected chi connectivity index (χ3v) is 12.9. The van der Waals surface area contributed by atoms with Crippen LogP contribution in [0.25, 0.3) is 99.5 Å². The highest BCUT2D eigenvalue weighted by atomic mass is 16.3. The molecular formula is C64H43NO. The van der Waals surface area contributed by atoms with Crippen LogP contribution in [-0.4, -0.2) is 0 Å². The van der Waals surface area contributed by atoms with E-state index in [1.54, 1.807) is 0 Å². The maximum atomic E-state index is 6.30. The molecule has 12 aromatic rings. The molecular weight excluding hydrogens is 799 g/mol. The second-order valence-corrected chi connectivity index (χ2v) is 16.8. The van der Waals surface area contributed by atoms with Crippen LogP contribution in [0, 0.1) is 0 Å². The van der Waals surface area contributed by atoms with Gasteiger partial charge in [0.25, 0.3) is 0 Å². The third kappa shape index (κ3) is 7.21.